The second kappa shape index (κ2) is 20.0. The Morgan fingerprint density at radius 2 is 0.964 bits per heavy atom. The molecule has 0 saturated carbocycles. The van der Waals surface area contributed by atoms with Gasteiger partial charge in [-0.3, -0.25) is 0 Å². The molecule has 172 valence electrons. The van der Waals surface area contributed by atoms with Crippen molar-refractivity contribution in [3.05, 3.63) is 0 Å². The summed E-state index contributed by atoms with van der Waals surface area (Å²) >= 11 is 0. The van der Waals surface area contributed by atoms with Crippen LogP contribution < -0.4 is 0 Å². The van der Waals surface area contributed by atoms with E-state index in [9.17, 15) is 0 Å². The van der Waals surface area contributed by atoms with Gasteiger partial charge in [-0.05, 0) is 81.2 Å². The normalized spacial score (nSPS) is 19.3. The Kier molecular flexibility index (Phi) is 21.4. The van der Waals surface area contributed by atoms with E-state index in [1.165, 1.54) is 52.1 Å². The quantitative estimate of drug-likeness (QED) is 0.697. The van der Waals surface area contributed by atoms with E-state index in [2.05, 4.69) is 42.8 Å². The number of likely N-dealkylation sites (N-methyl/N-ethyl adjacent to an activating group) is 3. The lowest BCUT2D eigenvalue weighted by molar-refractivity contribution is 0.181. The van der Waals surface area contributed by atoms with Crippen molar-refractivity contribution in [3.8, 4) is 0 Å². The van der Waals surface area contributed by atoms with Crippen molar-refractivity contribution in [2.45, 2.75) is 19.8 Å². The van der Waals surface area contributed by atoms with Crippen molar-refractivity contribution in [3.63, 3.8) is 0 Å². The molecule has 0 atom stereocenters. The molecule has 0 aromatic heterocycles. The highest BCUT2D eigenvalue weighted by molar-refractivity contribution is 4.65. The second-order valence-electron chi connectivity index (χ2n) is 8.68. The minimum Gasteiger partial charge on any atom is -0.395 e. The van der Waals surface area contributed by atoms with E-state index < -0.39 is 0 Å². The number of aliphatic hydroxyl groups excluding tert-OH is 2. The van der Waals surface area contributed by atoms with Gasteiger partial charge in [-0.15, -0.1) is 0 Å². The van der Waals surface area contributed by atoms with E-state index in [1.54, 1.807) is 0 Å². The molecule has 0 bridgehead atoms. The lowest BCUT2D eigenvalue weighted by atomic mass is 10.00. The van der Waals surface area contributed by atoms with E-state index in [4.69, 9.17) is 10.2 Å². The molecule has 0 spiro atoms. The third kappa shape index (κ3) is 23.8. The smallest absolute Gasteiger partial charge is 0.0558 e. The van der Waals surface area contributed by atoms with Gasteiger partial charge in [-0.25, -0.2) is 0 Å². The molecule has 2 aliphatic heterocycles. The van der Waals surface area contributed by atoms with Gasteiger partial charge in [0.2, 0.25) is 0 Å². The Labute approximate surface area is 175 Å². The van der Waals surface area contributed by atoms with Gasteiger partial charge < -0.3 is 34.7 Å². The Morgan fingerprint density at radius 1 is 0.679 bits per heavy atom. The summed E-state index contributed by atoms with van der Waals surface area (Å²) in [6, 6.07) is 0. The van der Waals surface area contributed by atoms with E-state index in [0.717, 1.165) is 5.92 Å². The summed E-state index contributed by atoms with van der Waals surface area (Å²) in [4.78, 5) is 11.0. The third-order valence-corrected chi connectivity index (χ3v) is 4.70. The molecule has 2 rings (SSSR count). The first kappa shape index (κ1) is 29.9. The van der Waals surface area contributed by atoms with Gasteiger partial charge in [0, 0.05) is 39.3 Å². The molecule has 7 nitrogen and oxygen atoms in total. The molecule has 2 aliphatic rings. The van der Waals surface area contributed by atoms with Crippen molar-refractivity contribution in [2.75, 3.05) is 115 Å². The fourth-order valence-corrected chi connectivity index (χ4v) is 2.50. The molecule has 7 heteroatoms. The highest BCUT2D eigenvalue weighted by atomic mass is 16.3. The molecule has 28 heavy (non-hydrogen) atoms. The van der Waals surface area contributed by atoms with Crippen LogP contribution in [-0.4, -0.2) is 150 Å². The largest absolute Gasteiger partial charge is 0.395 e. The van der Waals surface area contributed by atoms with Crippen LogP contribution in [0.2, 0.25) is 0 Å². The maximum absolute atomic E-state index is 8.34. The molecule has 2 saturated heterocycles. The zero-order valence-corrected chi connectivity index (χ0v) is 20.2. The fraction of sp³-hybridized carbons (Fsp3) is 1.00. The Morgan fingerprint density at radius 3 is 1.21 bits per heavy atom. The summed E-state index contributed by atoms with van der Waals surface area (Å²) < 4.78 is 0. The molecule has 0 aromatic carbocycles. The maximum Gasteiger partial charge on any atom is 0.0558 e. The molecule has 2 heterocycles. The summed E-state index contributed by atoms with van der Waals surface area (Å²) in [5, 5.41) is 16.7. The minimum absolute atomic E-state index is 0.163. The molecule has 0 aliphatic carbocycles. The lowest BCUT2D eigenvalue weighted by Gasteiger charge is -2.28. The second-order valence-corrected chi connectivity index (χ2v) is 8.68. The predicted molar refractivity (Wildman–Crippen MR) is 122 cm³/mol. The summed E-state index contributed by atoms with van der Waals surface area (Å²) in [6.07, 6.45) is 2.80. The average Bonchev–Trinajstić information content (AvgIpc) is 2.61. The van der Waals surface area contributed by atoms with Gasteiger partial charge in [0.25, 0.3) is 0 Å². The van der Waals surface area contributed by atoms with Crippen molar-refractivity contribution >= 4 is 0 Å². The van der Waals surface area contributed by atoms with Crippen LogP contribution in [0.4, 0.5) is 0 Å². The third-order valence-electron chi connectivity index (χ3n) is 4.70. The molecule has 0 aromatic rings. The number of hydrogen-bond acceptors (Lipinski definition) is 7. The van der Waals surface area contributed by atoms with Crippen molar-refractivity contribution in [1.82, 2.24) is 24.5 Å². The van der Waals surface area contributed by atoms with Crippen LogP contribution in [0.25, 0.3) is 0 Å². The van der Waals surface area contributed by atoms with Crippen LogP contribution in [0, 0.1) is 5.92 Å². The molecule has 2 N–H and O–H groups in total. The number of rotatable bonds is 4. The van der Waals surface area contributed by atoms with Crippen molar-refractivity contribution in [2.24, 2.45) is 5.92 Å². The molecule has 2 fully saturated rings. The zero-order chi connectivity index (χ0) is 21.9. The number of piperazine rings is 1. The van der Waals surface area contributed by atoms with Gasteiger partial charge >= 0.3 is 0 Å². The van der Waals surface area contributed by atoms with E-state index in [0.29, 0.717) is 13.1 Å². The van der Waals surface area contributed by atoms with Crippen LogP contribution in [0.1, 0.15) is 19.8 Å². The molecular formula is C21H51N5O2. The SMILES string of the molecule is CC1CCN(C)CC1.CN(C)C.CN(CCO)CCO.CN1CCN(C)CC1. The number of hydrogen-bond donors (Lipinski definition) is 2. The average molecular weight is 406 g/mol. The van der Waals surface area contributed by atoms with Gasteiger partial charge in [-0.1, -0.05) is 6.92 Å². The van der Waals surface area contributed by atoms with Crippen LogP contribution in [0.15, 0.2) is 0 Å². The van der Waals surface area contributed by atoms with E-state index >= 15 is 0 Å². The monoisotopic (exact) mass is 405 g/mol. The number of aliphatic hydroxyl groups is 2. The van der Waals surface area contributed by atoms with Gasteiger partial charge in [-0.2, -0.15) is 0 Å². The van der Waals surface area contributed by atoms with Crippen LogP contribution in [0.5, 0.6) is 0 Å². The van der Waals surface area contributed by atoms with Gasteiger partial charge in [0.1, 0.15) is 0 Å². The summed E-state index contributed by atoms with van der Waals surface area (Å²) in [5.74, 6) is 0.978. The van der Waals surface area contributed by atoms with Crippen LogP contribution in [0.3, 0.4) is 0 Å². The first-order chi connectivity index (χ1) is 13.1. The Balaban J connectivity index is 0. The maximum atomic E-state index is 8.34. The first-order valence-electron chi connectivity index (χ1n) is 10.7. The fourth-order valence-electron chi connectivity index (χ4n) is 2.50. The van der Waals surface area contributed by atoms with Gasteiger partial charge in [0.15, 0.2) is 0 Å². The number of nitrogens with zero attached hydrogens (tertiary/aromatic N) is 5. The standard InChI is InChI=1S/C7H15N.C6H14N2.C5H13NO2.C3H9N/c2*1-7-3-5-8(2)6-4-7;1-6(2-4-7)3-5-8;1-4(2)3/h7H,3-6H2,1-2H3;3-6H2,1-2H3;7-8H,2-5H2,1H3;1-3H3. The highest BCUT2D eigenvalue weighted by Crippen LogP contribution is 2.13. The lowest BCUT2D eigenvalue weighted by Crippen LogP contribution is -2.42. The number of piperidine rings is 1. The molecule has 0 radical (unpaired) electrons. The Hall–Kier alpha value is -0.280. The Bertz CT molecular complexity index is 256. The van der Waals surface area contributed by atoms with Crippen LogP contribution in [-0.2, 0) is 0 Å². The summed E-state index contributed by atoms with van der Waals surface area (Å²) in [6.45, 7) is 11.5. The summed E-state index contributed by atoms with van der Waals surface area (Å²) in [7, 11) is 14.4. The predicted octanol–water partition coefficient (Wildman–Crippen LogP) is 0.292. The molecule has 0 unspecified atom stereocenters. The zero-order valence-electron chi connectivity index (χ0n) is 20.2. The molecule has 0 amide bonds. The van der Waals surface area contributed by atoms with Gasteiger partial charge in [0.05, 0.1) is 13.2 Å². The highest BCUT2D eigenvalue weighted by Gasteiger charge is 2.10. The summed E-state index contributed by atoms with van der Waals surface area (Å²) in [5.41, 5.74) is 0. The minimum atomic E-state index is 0.163. The van der Waals surface area contributed by atoms with E-state index in [-0.39, 0.29) is 13.2 Å². The number of likely N-dealkylation sites (tertiary alicyclic amines) is 1. The van der Waals surface area contributed by atoms with Crippen LogP contribution >= 0.6 is 0 Å². The topological polar surface area (TPSA) is 56.7 Å². The molecular weight excluding hydrogens is 354 g/mol. The van der Waals surface area contributed by atoms with E-state index in [1.807, 2.05) is 38.0 Å². The van der Waals surface area contributed by atoms with Crippen molar-refractivity contribution in [1.29, 1.82) is 0 Å². The first-order valence-corrected chi connectivity index (χ1v) is 10.7. The van der Waals surface area contributed by atoms with Crippen molar-refractivity contribution < 1.29 is 10.2 Å².